The largest absolute Gasteiger partial charge is 0.493 e. The van der Waals surface area contributed by atoms with Crippen molar-refractivity contribution in [2.75, 3.05) is 26.8 Å². The van der Waals surface area contributed by atoms with Crippen molar-refractivity contribution in [2.45, 2.75) is 13.5 Å². The van der Waals surface area contributed by atoms with Crippen LogP contribution in [0.3, 0.4) is 0 Å². The first-order valence-electron chi connectivity index (χ1n) is 8.04. The van der Waals surface area contributed by atoms with E-state index >= 15 is 0 Å². The average Bonchev–Trinajstić information content (AvgIpc) is 2.67. The third kappa shape index (κ3) is 4.52. The molecule has 1 aromatic heterocycles. The minimum Gasteiger partial charge on any atom is -0.493 e. The molecule has 1 heterocycles. The molecule has 0 aliphatic rings. The molecular formula is C18H19N5O5. The van der Waals surface area contributed by atoms with Crippen molar-refractivity contribution in [2.24, 2.45) is 5.10 Å². The smallest absolute Gasteiger partial charge is 0.282 e. The molecule has 0 bridgehead atoms. The molecule has 2 aromatic rings. The number of nitro benzene ring substituents is 1. The van der Waals surface area contributed by atoms with Gasteiger partial charge in [0.1, 0.15) is 11.6 Å². The van der Waals surface area contributed by atoms with E-state index in [1.807, 2.05) is 0 Å². The van der Waals surface area contributed by atoms with E-state index in [-0.39, 0.29) is 35.0 Å². The van der Waals surface area contributed by atoms with Crippen molar-refractivity contribution in [3.8, 4) is 17.6 Å². The Kier molecular flexibility index (Phi) is 6.84. The lowest BCUT2D eigenvalue weighted by molar-refractivity contribution is -0.385. The third-order valence-electron chi connectivity index (χ3n) is 3.74. The topological polar surface area (TPSA) is 132 Å². The first-order valence-corrected chi connectivity index (χ1v) is 8.04. The summed E-state index contributed by atoms with van der Waals surface area (Å²) in [4.78, 5) is 15.0. The molecule has 0 saturated heterocycles. The Morgan fingerprint density at radius 1 is 1.29 bits per heavy atom. The number of nitrogens with zero attached hydrogens (tertiary/aromatic N) is 4. The number of anilines is 1. The highest BCUT2D eigenvalue weighted by atomic mass is 16.6. The molecular weight excluding hydrogens is 366 g/mol. The summed E-state index contributed by atoms with van der Waals surface area (Å²) in [5.74, 6) is 0.785. The van der Waals surface area contributed by atoms with E-state index in [0.717, 1.165) is 0 Å². The van der Waals surface area contributed by atoms with Crippen LogP contribution in [-0.2, 0) is 11.3 Å². The summed E-state index contributed by atoms with van der Waals surface area (Å²) >= 11 is 0. The number of pyridine rings is 1. The van der Waals surface area contributed by atoms with Gasteiger partial charge in [-0.1, -0.05) is 0 Å². The summed E-state index contributed by atoms with van der Waals surface area (Å²) in [7, 11) is 4.34. The van der Waals surface area contributed by atoms with Gasteiger partial charge in [0.25, 0.3) is 5.69 Å². The molecule has 0 saturated carbocycles. The molecule has 0 amide bonds. The molecule has 0 fully saturated rings. The fraction of sp³-hybridized carbons (Fsp3) is 0.278. The van der Waals surface area contributed by atoms with Crippen molar-refractivity contribution in [3.05, 3.63) is 50.7 Å². The van der Waals surface area contributed by atoms with E-state index in [4.69, 9.17) is 14.2 Å². The molecule has 2 rings (SSSR count). The molecule has 0 aliphatic heterocycles. The number of methoxy groups -OCH3 is 3. The maximum atomic E-state index is 11.3. The molecule has 146 valence electrons. The summed E-state index contributed by atoms with van der Waals surface area (Å²) < 4.78 is 15.4. The van der Waals surface area contributed by atoms with Gasteiger partial charge in [0, 0.05) is 18.4 Å². The van der Waals surface area contributed by atoms with E-state index < -0.39 is 4.92 Å². The second-order valence-electron chi connectivity index (χ2n) is 5.58. The van der Waals surface area contributed by atoms with E-state index in [9.17, 15) is 15.4 Å². The van der Waals surface area contributed by atoms with Crippen molar-refractivity contribution < 1.29 is 19.1 Å². The summed E-state index contributed by atoms with van der Waals surface area (Å²) in [5.41, 5.74) is 4.27. The lowest BCUT2D eigenvalue weighted by atomic mass is 10.1. The van der Waals surface area contributed by atoms with Crippen LogP contribution in [0.5, 0.6) is 11.5 Å². The zero-order valence-electron chi connectivity index (χ0n) is 15.8. The average molecular weight is 385 g/mol. The predicted octanol–water partition coefficient (Wildman–Crippen LogP) is 2.78. The SMILES string of the molecule is COCc1cc(C)nc(N/N=C/c2cc(OC)c(OC)cc2[N+](=O)[O-])c1C#N. The number of ether oxygens (including phenoxy) is 3. The lowest BCUT2D eigenvalue weighted by Gasteiger charge is -2.10. The Morgan fingerprint density at radius 3 is 2.54 bits per heavy atom. The minimum atomic E-state index is -0.550. The number of benzene rings is 1. The van der Waals surface area contributed by atoms with Crippen LogP contribution in [0.15, 0.2) is 23.3 Å². The number of hydrogen-bond donors (Lipinski definition) is 1. The summed E-state index contributed by atoms with van der Waals surface area (Å²) in [6.07, 6.45) is 1.25. The van der Waals surface area contributed by atoms with E-state index in [0.29, 0.717) is 17.0 Å². The zero-order chi connectivity index (χ0) is 20.7. The van der Waals surface area contributed by atoms with Gasteiger partial charge in [-0.05, 0) is 19.1 Å². The van der Waals surface area contributed by atoms with Crippen molar-refractivity contribution >= 4 is 17.7 Å². The van der Waals surface area contributed by atoms with Crippen molar-refractivity contribution in [1.29, 1.82) is 5.26 Å². The number of nitrogens with one attached hydrogen (secondary N) is 1. The second-order valence-corrected chi connectivity index (χ2v) is 5.58. The molecule has 0 unspecified atom stereocenters. The molecule has 0 radical (unpaired) electrons. The maximum Gasteiger partial charge on any atom is 0.282 e. The number of nitro groups is 1. The van der Waals surface area contributed by atoms with Crippen molar-refractivity contribution in [3.63, 3.8) is 0 Å². The highest BCUT2D eigenvalue weighted by Gasteiger charge is 2.18. The summed E-state index contributed by atoms with van der Waals surface area (Å²) in [6, 6.07) is 6.50. The lowest BCUT2D eigenvalue weighted by Crippen LogP contribution is -2.04. The Balaban J connectivity index is 2.40. The van der Waals surface area contributed by atoms with Gasteiger partial charge in [-0.2, -0.15) is 10.4 Å². The normalized spacial score (nSPS) is 10.5. The monoisotopic (exact) mass is 385 g/mol. The van der Waals surface area contributed by atoms with Crippen molar-refractivity contribution in [1.82, 2.24) is 4.98 Å². The molecule has 10 heteroatoms. The number of aryl methyl sites for hydroxylation is 1. The van der Waals surface area contributed by atoms with E-state index in [1.54, 1.807) is 13.0 Å². The van der Waals surface area contributed by atoms with Crippen LogP contribution in [0.1, 0.15) is 22.4 Å². The van der Waals surface area contributed by atoms with Gasteiger partial charge in [-0.25, -0.2) is 4.98 Å². The van der Waals surface area contributed by atoms with Crippen LogP contribution >= 0.6 is 0 Å². The second kappa shape index (κ2) is 9.29. The molecule has 0 spiro atoms. The first kappa shape index (κ1) is 20.6. The standard InChI is InChI=1S/C18H19N5O5/c1-11-5-13(10-26-2)14(8-19)18(21-11)22-20-9-12-6-16(27-3)17(28-4)7-15(12)23(24)25/h5-7,9H,10H2,1-4H3,(H,21,22)/b20-9+. The van der Waals surface area contributed by atoms with Gasteiger partial charge < -0.3 is 14.2 Å². The van der Waals surface area contributed by atoms with Crippen LogP contribution < -0.4 is 14.9 Å². The van der Waals surface area contributed by atoms with Crippen LogP contribution in [0.4, 0.5) is 11.5 Å². The molecule has 28 heavy (non-hydrogen) atoms. The third-order valence-corrected chi connectivity index (χ3v) is 3.74. The Morgan fingerprint density at radius 2 is 1.96 bits per heavy atom. The van der Waals surface area contributed by atoms with Gasteiger partial charge in [0.2, 0.25) is 0 Å². The summed E-state index contributed by atoms with van der Waals surface area (Å²) in [5, 5.41) is 24.8. The van der Waals surface area contributed by atoms with Gasteiger partial charge in [-0.15, -0.1) is 0 Å². The quantitative estimate of drug-likeness (QED) is 0.417. The van der Waals surface area contributed by atoms with Crippen LogP contribution in [0, 0.1) is 28.4 Å². The van der Waals surface area contributed by atoms with Gasteiger partial charge in [0.05, 0.1) is 43.6 Å². The Bertz CT molecular complexity index is 952. The number of nitriles is 1. The highest BCUT2D eigenvalue weighted by Crippen LogP contribution is 2.33. The predicted molar refractivity (Wildman–Crippen MR) is 102 cm³/mol. The molecule has 10 nitrogen and oxygen atoms in total. The van der Waals surface area contributed by atoms with E-state index in [2.05, 4.69) is 21.6 Å². The van der Waals surface area contributed by atoms with Crippen LogP contribution in [0.2, 0.25) is 0 Å². The number of hydrogen-bond acceptors (Lipinski definition) is 9. The fourth-order valence-corrected chi connectivity index (χ4v) is 2.52. The molecule has 1 N–H and O–H groups in total. The van der Waals surface area contributed by atoms with E-state index in [1.165, 1.54) is 39.7 Å². The molecule has 0 aliphatic carbocycles. The number of aromatic nitrogens is 1. The first-order chi connectivity index (χ1) is 13.4. The zero-order valence-corrected chi connectivity index (χ0v) is 15.8. The van der Waals surface area contributed by atoms with Crippen LogP contribution in [0.25, 0.3) is 0 Å². The molecule has 0 atom stereocenters. The Labute approximate surface area is 161 Å². The number of hydrazone groups is 1. The van der Waals surface area contributed by atoms with Gasteiger partial charge in [0.15, 0.2) is 17.3 Å². The van der Waals surface area contributed by atoms with Crippen LogP contribution in [-0.4, -0.2) is 37.5 Å². The Hall–Kier alpha value is -3.71. The highest BCUT2D eigenvalue weighted by molar-refractivity contribution is 5.87. The summed E-state index contributed by atoms with van der Waals surface area (Å²) in [6.45, 7) is 2.01. The number of rotatable bonds is 8. The minimum absolute atomic E-state index is 0.193. The van der Waals surface area contributed by atoms with Gasteiger partial charge >= 0.3 is 0 Å². The molecule has 1 aromatic carbocycles. The fourth-order valence-electron chi connectivity index (χ4n) is 2.52. The maximum absolute atomic E-state index is 11.3. The van der Waals surface area contributed by atoms with Gasteiger partial charge in [-0.3, -0.25) is 15.5 Å².